The maximum absolute atomic E-state index is 13.4. The molecule has 1 aromatic carbocycles. The van der Waals surface area contributed by atoms with E-state index in [1.54, 1.807) is 6.92 Å². The minimum Gasteiger partial charge on any atom is -0.348 e. The van der Waals surface area contributed by atoms with E-state index in [0.717, 1.165) is 12.1 Å². The Labute approximate surface area is 111 Å². The van der Waals surface area contributed by atoms with Gasteiger partial charge in [-0.25, -0.2) is 8.78 Å². The third-order valence-corrected chi connectivity index (χ3v) is 2.57. The van der Waals surface area contributed by atoms with Crippen molar-refractivity contribution in [3.63, 3.8) is 0 Å². The van der Waals surface area contributed by atoms with Crippen LogP contribution in [0.4, 0.5) is 8.78 Å². The summed E-state index contributed by atoms with van der Waals surface area (Å²) in [6.45, 7) is 3.28. The first-order valence-corrected chi connectivity index (χ1v) is 5.47. The molecule has 0 aliphatic carbocycles. The molecule has 0 aliphatic heterocycles. The fourth-order valence-corrected chi connectivity index (χ4v) is 1.50. The number of carbonyl (C=O) groups is 1. The van der Waals surface area contributed by atoms with Crippen LogP contribution in [0.3, 0.4) is 0 Å². The van der Waals surface area contributed by atoms with Crippen molar-refractivity contribution in [3.05, 3.63) is 35.4 Å². The smallest absolute Gasteiger partial charge is 0.237 e. The van der Waals surface area contributed by atoms with Crippen LogP contribution < -0.4 is 11.1 Å². The van der Waals surface area contributed by atoms with E-state index < -0.39 is 29.6 Å². The second-order valence-corrected chi connectivity index (χ2v) is 3.88. The third-order valence-electron chi connectivity index (χ3n) is 2.57. The summed E-state index contributed by atoms with van der Waals surface area (Å²) >= 11 is 0. The highest BCUT2D eigenvalue weighted by Gasteiger charge is 2.20. The van der Waals surface area contributed by atoms with Crippen LogP contribution in [0.2, 0.25) is 0 Å². The Morgan fingerprint density at radius 2 is 1.89 bits per heavy atom. The summed E-state index contributed by atoms with van der Waals surface area (Å²) in [5.74, 6) is -1.77. The van der Waals surface area contributed by atoms with E-state index in [9.17, 15) is 13.6 Å². The van der Waals surface area contributed by atoms with Crippen LogP contribution in [0.15, 0.2) is 18.2 Å². The lowest BCUT2D eigenvalue weighted by Gasteiger charge is -2.18. The van der Waals surface area contributed by atoms with Crippen molar-refractivity contribution in [1.82, 2.24) is 5.32 Å². The van der Waals surface area contributed by atoms with E-state index in [4.69, 9.17) is 5.73 Å². The van der Waals surface area contributed by atoms with E-state index in [-0.39, 0.29) is 18.0 Å². The van der Waals surface area contributed by atoms with E-state index in [2.05, 4.69) is 5.32 Å². The number of nitrogens with two attached hydrogens (primary N) is 1. The summed E-state index contributed by atoms with van der Waals surface area (Å²) in [5, 5.41) is 2.48. The van der Waals surface area contributed by atoms with Crippen molar-refractivity contribution < 1.29 is 13.6 Å². The monoisotopic (exact) mass is 278 g/mol. The zero-order valence-electron chi connectivity index (χ0n) is 10.2. The summed E-state index contributed by atoms with van der Waals surface area (Å²) < 4.78 is 26.8. The van der Waals surface area contributed by atoms with Gasteiger partial charge < -0.3 is 11.1 Å². The number of halogens is 3. The molecule has 102 valence electrons. The topological polar surface area (TPSA) is 55.1 Å². The molecular weight excluding hydrogens is 262 g/mol. The Morgan fingerprint density at radius 1 is 1.39 bits per heavy atom. The predicted octanol–water partition coefficient (Wildman–Crippen LogP) is 2.30. The molecule has 6 heteroatoms. The van der Waals surface area contributed by atoms with Crippen molar-refractivity contribution in [2.75, 3.05) is 0 Å². The number of hydrogen-bond acceptors (Lipinski definition) is 2. The van der Waals surface area contributed by atoms with Crippen LogP contribution in [0.5, 0.6) is 0 Å². The number of carbonyl (C=O) groups excluding carboxylic acids is 1. The molecule has 0 saturated heterocycles. The number of hydrogen-bond donors (Lipinski definition) is 2. The highest BCUT2D eigenvalue weighted by Crippen LogP contribution is 2.20. The Balaban J connectivity index is 0.00000289. The van der Waals surface area contributed by atoms with Crippen molar-refractivity contribution in [1.29, 1.82) is 0 Å². The molecule has 0 spiro atoms. The van der Waals surface area contributed by atoms with Crippen LogP contribution in [0.1, 0.15) is 31.9 Å². The van der Waals surface area contributed by atoms with Gasteiger partial charge in [0.05, 0.1) is 12.1 Å². The van der Waals surface area contributed by atoms with Gasteiger partial charge >= 0.3 is 0 Å². The van der Waals surface area contributed by atoms with Crippen molar-refractivity contribution in [3.8, 4) is 0 Å². The minimum absolute atomic E-state index is 0. The summed E-state index contributed by atoms with van der Waals surface area (Å²) in [6.07, 6.45) is 0.471. The second kappa shape index (κ2) is 7.28. The van der Waals surface area contributed by atoms with Crippen LogP contribution in [0.25, 0.3) is 0 Å². The fraction of sp³-hybridized carbons (Fsp3) is 0.417. The van der Waals surface area contributed by atoms with Crippen LogP contribution in [0, 0.1) is 11.6 Å². The normalized spacial score (nSPS) is 13.4. The van der Waals surface area contributed by atoms with Crippen LogP contribution in [-0.4, -0.2) is 11.9 Å². The standard InChI is InChI=1S/C12H16F2N2O.ClH/c1-3-10(15)12(17)16-7(2)11-8(13)5-4-6-9(11)14;/h4-7,10H,3,15H2,1-2H3,(H,16,17);1H/t7?,10-;/m0./s1. The van der Waals surface area contributed by atoms with Crippen molar-refractivity contribution in [2.24, 2.45) is 5.73 Å². The third kappa shape index (κ3) is 3.92. The molecule has 3 N–H and O–H groups in total. The van der Waals surface area contributed by atoms with E-state index in [1.165, 1.54) is 13.0 Å². The molecule has 1 aromatic rings. The lowest BCUT2D eigenvalue weighted by atomic mass is 10.1. The molecule has 1 rings (SSSR count). The van der Waals surface area contributed by atoms with E-state index in [0.29, 0.717) is 6.42 Å². The second-order valence-electron chi connectivity index (χ2n) is 3.88. The Hall–Kier alpha value is -1.20. The number of nitrogens with one attached hydrogen (secondary N) is 1. The van der Waals surface area contributed by atoms with Gasteiger partial charge in [-0.15, -0.1) is 12.4 Å². The van der Waals surface area contributed by atoms with Crippen molar-refractivity contribution >= 4 is 18.3 Å². The van der Waals surface area contributed by atoms with Gasteiger partial charge in [-0.3, -0.25) is 4.79 Å². The van der Waals surface area contributed by atoms with E-state index in [1.807, 2.05) is 0 Å². The highest BCUT2D eigenvalue weighted by molar-refractivity contribution is 5.85. The van der Waals surface area contributed by atoms with Gasteiger partial charge in [0, 0.05) is 5.56 Å². The molecule has 2 atom stereocenters. The molecular formula is C12H17ClF2N2O. The first-order valence-electron chi connectivity index (χ1n) is 5.47. The number of rotatable bonds is 4. The predicted molar refractivity (Wildman–Crippen MR) is 68.4 cm³/mol. The lowest BCUT2D eigenvalue weighted by molar-refractivity contribution is -0.123. The molecule has 18 heavy (non-hydrogen) atoms. The largest absolute Gasteiger partial charge is 0.348 e. The van der Waals surface area contributed by atoms with Gasteiger partial charge in [0.25, 0.3) is 0 Å². The molecule has 3 nitrogen and oxygen atoms in total. The maximum atomic E-state index is 13.4. The Bertz CT molecular complexity index is 395. The molecule has 1 unspecified atom stereocenters. The van der Waals surface area contributed by atoms with Gasteiger partial charge in [-0.2, -0.15) is 0 Å². The Kier molecular flexibility index (Phi) is 6.80. The van der Waals surface area contributed by atoms with Gasteiger partial charge in [0.1, 0.15) is 11.6 Å². The number of amides is 1. The van der Waals surface area contributed by atoms with Crippen molar-refractivity contribution in [2.45, 2.75) is 32.4 Å². The van der Waals surface area contributed by atoms with E-state index >= 15 is 0 Å². The summed E-state index contributed by atoms with van der Waals surface area (Å²) in [7, 11) is 0. The summed E-state index contributed by atoms with van der Waals surface area (Å²) in [5.41, 5.74) is 5.37. The molecule has 0 radical (unpaired) electrons. The molecule has 0 heterocycles. The maximum Gasteiger partial charge on any atom is 0.237 e. The first-order chi connectivity index (χ1) is 7.97. The van der Waals surface area contributed by atoms with Crippen LogP contribution in [-0.2, 0) is 4.79 Å². The molecule has 0 fully saturated rings. The average Bonchev–Trinajstić information content (AvgIpc) is 2.27. The SMILES string of the molecule is CC[C@H](N)C(=O)NC(C)c1c(F)cccc1F.Cl. The molecule has 0 aromatic heterocycles. The molecule has 0 aliphatic rings. The quantitative estimate of drug-likeness (QED) is 0.888. The lowest BCUT2D eigenvalue weighted by Crippen LogP contribution is -2.41. The first kappa shape index (κ1) is 16.8. The summed E-state index contributed by atoms with van der Waals surface area (Å²) in [6, 6.07) is 2.18. The fourth-order valence-electron chi connectivity index (χ4n) is 1.50. The number of benzene rings is 1. The minimum atomic E-state index is -0.749. The average molecular weight is 279 g/mol. The molecule has 0 saturated carbocycles. The molecule has 0 bridgehead atoms. The van der Waals surface area contributed by atoms with Gasteiger partial charge in [0.2, 0.25) is 5.91 Å². The zero-order chi connectivity index (χ0) is 13.0. The van der Waals surface area contributed by atoms with Gasteiger partial charge in [-0.05, 0) is 25.5 Å². The van der Waals surface area contributed by atoms with Gasteiger partial charge in [-0.1, -0.05) is 13.0 Å². The molecule has 1 amide bonds. The highest BCUT2D eigenvalue weighted by atomic mass is 35.5. The Morgan fingerprint density at radius 3 is 2.33 bits per heavy atom. The zero-order valence-corrected chi connectivity index (χ0v) is 11.1. The summed E-state index contributed by atoms with van der Waals surface area (Å²) in [4.78, 5) is 11.5. The van der Waals surface area contributed by atoms with Gasteiger partial charge in [0.15, 0.2) is 0 Å². The van der Waals surface area contributed by atoms with Crippen LogP contribution >= 0.6 is 12.4 Å².